The summed E-state index contributed by atoms with van der Waals surface area (Å²) in [5.74, 6) is -0.153. The molecular formula is C14H16FN3. The Bertz CT molecular complexity index is 562. The molecule has 1 aromatic heterocycles. The zero-order valence-corrected chi connectivity index (χ0v) is 10.4. The van der Waals surface area contributed by atoms with E-state index in [2.05, 4.69) is 21.8 Å². The summed E-state index contributed by atoms with van der Waals surface area (Å²) in [5, 5.41) is 0.855. The Morgan fingerprint density at radius 3 is 2.72 bits per heavy atom. The largest absolute Gasteiger partial charge is 0.367 e. The molecule has 0 bridgehead atoms. The van der Waals surface area contributed by atoms with E-state index < -0.39 is 0 Å². The monoisotopic (exact) mass is 245 g/mol. The van der Waals surface area contributed by atoms with Gasteiger partial charge in [-0.25, -0.2) is 4.39 Å². The second-order valence-electron chi connectivity index (χ2n) is 4.79. The van der Waals surface area contributed by atoms with Crippen molar-refractivity contribution >= 4 is 16.6 Å². The maximum Gasteiger partial charge on any atom is 0.147 e. The second-order valence-corrected chi connectivity index (χ2v) is 4.79. The van der Waals surface area contributed by atoms with Crippen LogP contribution in [0.4, 0.5) is 10.1 Å². The lowest BCUT2D eigenvalue weighted by Crippen LogP contribution is -2.44. The Hall–Kier alpha value is -1.68. The van der Waals surface area contributed by atoms with Crippen LogP contribution >= 0.6 is 0 Å². The van der Waals surface area contributed by atoms with Crippen molar-refractivity contribution in [2.24, 2.45) is 0 Å². The first kappa shape index (κ1) is 11.4. The van der Waals surface area contributed by atoms with Gasteiger partial charge in [-0.1, -0.05) is 6.07 Å². The molecule has 0 atom stereocenters. The Morgan fingerprint density at radius 1 is 1.17 bits per heavy atom. The zero-order chi connectivity index (χ0) is 12.5. The van der Waals surface area contributed by atoms with Crippen LogP contribution in [0, 0.1) is 5.82 Å². The molecule has 0 saturated carbocycles. The van der Waals surface area contributed by atoms with E-state index >= 15 is 0 Å². The van der Waals surface area contributed by atoms with E-state index in [-0.39, 0.29) is 5.82 Å². The number of halogens is 1. The van der Waals surface area contributed by atoms with Crippen molar-refractivity contribution in [1.29, 1.82) is 0 Å². The number of nitrogens with zero attached hydrogens (tertiary/aromatic N) is 3. The standard InChI is InChI=1S/C14H16FN3/c1-17-5-7-18(8-6-17)14-10-13-11(9-12(14)15)3-2-4-16-13/h2-4,9-10H,5-8H2,1H3. The average molecular weight is 245 g/mol. The molecule has 1 saturated heterocycles. The zero-order valence-electron chi connectivity index (χ0n) is 10.4. The predicted molar refractivity (Wildman–Crippen MR) is 71.4 cm³/mol. The number of fused-ring (bicyclic) bond motifs is 1. The predicted octanol–water partition coefficient (Wildman–Crippen LogP) is 2.13. The molecule has 2 heterocycles. The van der Waals surface area contributed by atoms with Crippen molar-refractivity contribution in [3.63, 3.8) is 0 Å². The minimum Gasteiger partial charge on any atom is -0.367 e. The third kappa shape index (κ3) is 2.04. The third-order valence-electron chi connectivity index (χ3n) is 3.52. The molecule has 1 aliphatic heterocycles. The molecule has 94 valence electrons. The highest BCUT2D eigenvalue weighted by Gasteiger charge is 2.17. The van der Waals surface area contributed by atoms with Crippen LogP contribution in [-0.2, 0) is 0 Å². The topological polar surface area (TPSA) is 19.4 Å². The molecule has 4 heteroatoms. The number of anilines is 1. The highest BCUT2D eigenvalue weighted by molar-refractivity contribution is 5.82. The normalized spacial score (nSPS) is 17.3. The molecular weight excluding hydrogens is 229 g/mol. The van der Waals surface area contributed by atoms with Crippen molar-refractivity contribution in [2.75, 3.05) is 38.1 Å². The number of benzene rings is 1. The smallest absolute Gasteiger partial charge is 0.147 e. The van der Waals surface area contributed by atoms with E-state index in [0.717, 1.165) is 37.1 Å². The number of pyridine rings is 1. The van der Waals surface area contributed by atoms with Gasteiger partial charge in [-0.15, -0.1) is 0 Å². The summed E-state index contributed by atoms with van der Waals surface area (Å²) in [7, 11) is 2.09. The van der Waals surface area contributed by atoms with Gasteiger partial charge in [-0.2, -0.15) is 0 Å². The SMILES string of the molecule is CN1CCN(c2cc3ncccc3cc2F)CC1. The lowest BCUT2D eigenvalue weighted by molar-refractivity contribution is 0.312. The summed E-state index contributed by atoms with van der Waals surface area (Å²) in [5.41, 5.74) is 1.53. The molecule has 1 aliphatic rings. The van der Waals surface area contributed by atoms with Crippen LogP contribution in [-0.4, -0.2) is 43.1 Å². The highest BCUT2D eigenvalue weighted by Crippen LogP contribution is 2.25. The van der Waals surface area contributed by atoms with Crippen LogP contribution in [0.1, 0.15) is 0 Å². The van der Waals surface area contributed by atoms with Gasteiger partial charge in [0.1, 0.15) is 5.82 Å². The van der Waals surface area contributed by atoms with Crippen molar-refractivity contribution in [3.05, 3.63) is 36.3 Å². The molecule has 0 unspecified atom stereocenters. The van der Waals surface area contributed by atoms with Crippen molar-refractivity contribution < 1.29 is 4.39 Å². The fraction of sp³-hybridized carbons (Fsp3) is 0.357. The highest BCUT2D eigenvalue weighted by atomic mass is 19.1. The van der Waals surface area contributed by atoms with Crippen molar-refractivity contribution in [2.45, 2.75) is 0 Å². The summed E-state index contributed by atoms with van der Waals surface area (Å²) in [6.45, 7) is 3.68. The Kier molecular flexibility index (Phi) is 2.88. The molecule has 0 amide bonds. The molecule has 3 rings (SSSR count). The van der Waals surface area contributed by atoms with Gasteiger partial charge in [0.25, 0.3) is 0 Å². The van der Waals surface area contributed by atoms with Gasteiger partial charge in [0.05, 0.1) is 11.2 Å². The van der Waals surface area contributed by atoms with E-state index in [4.69, 9.17) is 0 Å². The summed E-state index contributed by atoms with van der Waals surface area (Å²) >= 11 is 0. The third-order valence-corrected chi connectivity index (χ3v) is 3.52. The van der Waals surface area contributed by atoms with Crippen molar-refractivity contribution in [1.82, 2.24) is 9.88 Å². The fourth-order valence-corrected chi connectivity index (χ4v) is 2.37. The van der Waals surface area contributed by atoms with Crippen molar-refractivity contribution in [3.8, 4) is 0 Å². The van der Waals surface area contributed by atoms with Gasteiger partial charge < -0.3 is 9.80 Å². The molecule has 0 N–H and O–H groups in total. The number of piperazine rings is 1. The van der Waals surface area contributed by atoms with Gasteiger partial charge in [0, 0.05) is 37.8 Å². The molecule has 0 spiro atoms. The Morgan fingerprint density at radius 2 is 1.94 bits per heavy atom. The maximum atomic E-state index is 14.1. The molecule has 1 aromatic carbocycles. The quantitative estimate of drug-likeness (QED) is 0.767. The van der Waals surface area contributed by atoms with Gasteiger partial charge in [0.2, 0.25) is 0 Å². The molecule has 2 aromatic rings. The molecule has 0 aliphatic carbocycles. The van der Waals surface area contributed by atoms with Crippen LogP contribution < -0.4 is 4.90 Å². The number of hydrogen-bond donors (Lipinski definition) is 0. The minimum atomic E-state index is -0.153. The maximum absolute atomic E-state index is 14.1. The first-order chi connectivity index (χ1) is 8.74. The number of likely N-dealkylation sites (N-methyl/N-ethyl adjacent to an activating group) is 1. The molecule has 1 fully saturated rings. The first-order valence-corrected chi connectivity index (χ1v) is 6.22. The van der Waals surface area contributed by atoms with Gasteiger partial charge in [0.15, 0.2) is 0 Å². The summed E-state index contributed by atoms with van der Waals surface area (Å²) in [6, 6.07) is 7.16. The van der Waals surface area contributed by atoms with Gasteiger partial charge in [-0.3, -0.25) is 4.98 Å². The van der Waals surface area contributed by atoms with Crippen LogP contribution in [0.2, 0.25) is 0 Å². The van der Waals surface area contributed by atoms with E-state index in [0.29, 0.717) is 5.69 Å². The van der Waals surface area contributed by atoms with E-state index in [1.54, 1.807) is 12.3 Å². The lowest BCUT2D eigenvalue weighted by atomic mass is 10.1. The summed E-state index contributed by atoms with van der Waals surface area (Å²) in [6.07, 6.45) is 1.74. The second kappa shape index (κ2) is 4.53. The Balaban J connectivity index is 1.98. The van der Waals surface area contributed by atoms with Gasteiger partial charge >= 0.3 is 0 Å². The van der Waals surface area contributed by atoms with E-state index in [9.17, 15) is 4.39 Å². The van der Waals surface area contributed by atoms with Crippen LogP contribution in [0.25, 0.3) is 10.9 Å². The average Bonchev–Trinajstić information content (AvgIpc) is 2.39. The summed E-state index contributed by atoms with van der Waals surface area (Å²) < 4.78 is 14.1. The minimum absolute atomic E-state index is 0.153. The van der Waals surface area contributed by atoms with Crippen LogP contribution in [0.15, 0.2) is 30.5 Å². The fourth-order valence-electron chi connectivity index (χ4n) is 2.37. The molecule has 18 heavy (non-hydrogen) atoms. The first-order valence-electron chi connectivity index (χ1n) is 6.22. The molecule has 3 nitrogen and oxygen atoms in total. The van der Waals surface area contributed by atoms with Gasteiger partial charge in [-0.05, 0) is 25.2 Å². The van der Waals surface area contributed by atoms with E-state index in [1.165, 1.54) is 0 Å². The molecule has 0 radical (unpaired) electrons. The Labute approximate surface area is 106 Å². The number of hydrogen-bond acceptors (Lipinski definition) is 3. The summed E-state index contributed by atoms with van der Waals surface area (Å²) in [4.78, 5) is 8.65. The number of aromatic nitrogens is 1. The van der Waals surface area contributed by atoms with E-state index in [1.807, 2.05) is 18.2 Å². The van der Waals surface area contributed by atoms with Crippen LogP contribution in [0.3, 0.4) is 0 Å². The lowest BCUT2D eigenvalue weighted by Gasteiger charge is -2.34. The number of rotatable bonds is 1. The van der Waals surface area contributed by atoms with Crippen LogP contribution in [0.5, 0.6) is 0 Å².